The van der Waals surface area contributed by atoms with Crippen LogP contribution in [0.5, 0.6) is 0 Å². The molecule has 0 aliphatic carbocycles. The van der Waals surface area contributed by atoms with Gasteiger partial charge in [-0.3, -0.25) is 0 Å². The molecule has 0 spiro atoms. The second-order valence-corrected chi connectivity index (χ2v) is 13.0. The molecule has 0 unspecified atom stereocenters. The van der Waals surface area contributed by atoms with Gasteiger partial charge in [0.05, 0.1) is 27.2 Å². The van der Waals surface area contributed by atoms with Crippen molar-refractivity contribution in [3.8, 4) is 44.5 Å². The fourth-order valence-electron chi connectivity index (χ4n) is 6.00. The Morgan fingerprint density at radius 1 is 0.432 bits per heavy atom. The van der Waals surface area contributed by atoms with Gasteiger partial charge in [-0.15, -0.1) is 22.7 Å². The molecule has 0 bridgehead atoms. The summed E-state index contributed by atoms with van der Waals surface area (Å²) in [6, 6.07) is 48.9. The molecule has 3 aromatic heterocycles. The Morgan fingerprint density at radius 2 is 1.11 bits per heavy atom. The summed E-state index contributed by atoms with van der Waals surface area (Å²) in [7, 11) is 0. The van der Waals surface area contributed by atoms with Gasteiger partial charge in [0, 0.05) is 36.9 Å². The molecule has 44 heavy (non-hydrogen) atoms. The van der Waals surface area contributed by atoms with Gasteiger partial charge in [-0.1, -0.05) is 115 Å². The fourth-order valence-corrected chi connectivity index (χ4v) is 8.25. The van der Waals surface area contributed by atoms with E-state index in [0.29, 0.717) is 5.82 Å². The Kier molecular flexibility index (Phi) is 5.86. The molecule has 0 saturated carbocycles. The highest BCUT2D eigenvalue weighted by molar-refractivity contribution is 7.27. The van der Waals surface area contributed by atoms with Crippen LogP contribution < -0.4 is 0 Å². The number of hydrogen-bond donors (Lipinski definition) is 0. The van der Waals surface area contributed by atoms with Gasteiger partial charge >= 0.3 is 0 Å². The lowest BCUT2D eigenvalue weighted by molar-refractivity contribution is 1.19. The van der Waals surface area contributed by atoms with E-state index >= 15 is 0 Å². The standard InChI is InChI=1S/C39H23N3S2/c1-3-12-25(13-4-1)30-22-31(28-20-19-24-11-7-8-16-27(24)21-28)41-38(40-30)36-35-29-17-9-10-18-32(29)43-33(35)23-34-37(36)42-39(44-34)26-14-5-2-6-15-26/h1-23H. The van der Waals surface area contributed by atoms with Gasteiger partial charge in [0.15, 0.2) is 5.82 Å². The maximum Gasteiger partial charge on any atom is 0.163 e. The summed E-state index contributed by atoms with van der Waals surface area (Å²) in [6.45, 7) is 0. The first kappa shape index (κ1) is 25.3. The summed E-state index contributed by atoms with van der Waals surface area (Å²) in [5, 5.41) is 5.77. The quantitative estimate of drug-likeness (QED) is 0.203. The second-order valence-electron chi connectivity index (χ2n) is 10.8. The molecule has 0 aliphatic rings. The number of thiazole rings is 1. The van der Waals surface area contributed by atoms with Crippen molar-refractivity contribution >= 4 is 63.8 Å². The molecule has 0 saturated heterocycles. The van der Waals surface area contributed by atoms with E-state index in [1.54, 1.807) is 11.3 Å². The Labute approximate surface area is 261 Å². The Morgan fingerprint density at radius 3 is 1.93 bits per heavy atom. The van der Waals surface area contributed by atoms with Crippen molar-refractivity contribution in [2.75, 3.05) is 0 Å². The summed E-state index contributed by atoms with van der Waals surface area (Å²) in [5.41, 5.74) is 6.95. The molecule has 3 heterocycles. The van der Waals surface area contributed by atoms with Crippen molar-refractivity contribution in [3.63, 3.8) is 0 Å². The first-order valence-electron chi connectivity index (χ1n) is 14.5. The number of aromatic nitrogens is 3. The van der Waals surface area contributed by atoms with Crippen LogP contribution in [-0.4, -0.2) is 15.0 Å². The molecular weight excluding hydrogens is 575 g/mol. The van der Waals surface area contributed by atoms with Gasteiger partial charge in [-0.2, -0.15) is 0 Å². The van der Waals surface area contributed by atoms with Crippen molar-refractivity contribution in [1.82, 2.24) is 15.0 Å². The molecule has 0 fully saturated rings. The molecule has 0 amide bonds. The van der Waals surface area contributed by atoms with Crippen LogP contribution >= 0.6 is 22.7 Å². The average molecular weight is 598 g/mol. The van der Waals surface area contributed by atoms with Crippen LogP contribution in [0, 0.1) is 0 Å². The monoisotopic (exact) mass is 597 g/mol. The van der Waals surface area contributed by atoms with Gasteiger partial charge in [0.25, 0.3) is 0 Å². The summed E-state index contributed by atoms with van der Waals surface area (Å²) in [5.74, 6) is 0.693. The smallest absolute Gasteiger partial charge is 0.163 e. The van der Waals surface area contributed by atoms with E-state index in [-0.39, 0.29) is 0 Å². The highest BCUT2D eigenvalue weighted by atomic mass is 32.1. The molecule has 9 aromatic rings. The van der Waals surface area contributed by atoms with Crippen LogP contribution in [0.3, 0.4) is 0 Å². The predicted octanol–water partition coefficient (Wildman–Crippen LogP) is 11.3. The largest absolute Gasteiger partial charge is 0.235 e. The highest BCUT2D eigenvalue weighted by Gasteiger charge is 2.22. The Balaban J connectivity index is 1.38. The molecule has 5 heteroatoms. The third-order valence-corrected chi connectivity index (χ3v) is 10.3. The highest BCUT2D eigenvalue weighted by Crippen LogP contribution is 2.46. The van der Waals surface area contributed by atoms with Crippen molar-refractivity contribution in [2.24, 2.45) is 0 Å². The normalized spacial score (nSPS) is 11.6. The minimum atomic E-state index is 0.693. The van der Waals surface area contributed by atoms with E-state index in [2.05, 4.69) is 127 Å². The molecule has 9 rings (SSSR count). The molecule has 0 radical (unpaired) electrons. The lowest BCUT2D eigenvalue weighted by Crippen LogP contribution is -1.97. The van der Waals surface area contributed by atoms with Gasteiger partial charge < -0.3 is 0 Å². The topological polar surface area (TPSA) is 38.7 Å². The number of hydrogen-bond acceptors (Lipinski definition) is 5. The zero-order chi connectivity index (χ0) is 29.0. The third-order valence-electron chi connectivity index (χ3n) is 8.11. The van der Waals surface area contributed by atoms with E-state index in [0.717, 1.165) is 54.3 Å². The summed E-state index contributed by atoms with van der Waals surface area (Å²) in [6.07, 6.45) is 0. The van der Waals surface area contributed by atoms with E-state index < -0.39 is 0 Å². The first-order chi connectivity index (χ1) is 21.8. The Bertz CT molecular complexity index is 2500. The molecule has 6 aromatic carbocycles. The lowest BCUT2D eigenvalue weighted by atomic mass is 10.0. The first-order valence-corrected chi connectivity index (χ1v) is 16.2. The van der Waals surface area contributed by atoms with E-state index in [9.17, 15) is 0 Å². The van der Waals surface area contributed by atoms with Gasteiger partial charge in [-0.05, 0) is 35.0 Å². The zero-order valence-electron chi connectivity index (χ0n) is 23.4. The van der Waals surface area contributed by atoms with Crippen molar-refractivity contribution in [2.45, 2.75) is 0 Å². The molecule has 206 valence electrons. The van der Waals surface area contributed by atoms with E-state index in [1.165, 1.54) is 25.6 Å². The second kappa shape index (κ2) is 10.2. The maximum atomic E-state index is 5.33. The minimum Gasteiger partial charge on any atom is -0.235 e. The molecule has 3 nitrogen and oxygen atoms in total. The molecule has 0 N–H and O–H groups in total. The van der Waals surface area contributed by atoms with Crippen LogP contribution in [0.4, 0.5) is 0 Å². The number of thiophene rings is 1. The minimum absolute atomic E-state index is 0.693. The van der Waals surface area contributed by atoms with Gasteiger partial charge in [0.2, 0.25) is 0 Å². The van der Waals surface area contributed by atoms with Crippen molar-refractivity contribution in [3.05, 3.63) is 140 Å². The number of fused-ring (bicyclic) bond motifs is 5. The third kappa shape index (κ3) is 4.21. The number of benzene rings is 6. The van der Waals surface area contributed by atoms with Crippen LogP contribution in [0.25, 0.3) is 85.6 Å². The molecule has 0 atom stereocenters. The van der Waals surface area contributed by atoms with Crippen LogP contribution in [0.1, 0.15) is 0 Å². The summed E-state index contributed by atoms with van der Waals surface area (Å²) < 4.78 is 3.61. The number of rotatable bonds is 4. The van der Waals surface area contributed by atoms with E-state index in [4.69, 9.17) is 15.0 Å². The van der Waals surface area contributed by atoms with Gasteiger partial charge in [-0.25, -0.2) is 15.0 Å². The zero-order valence-corrected chi connectivity index (χ0v) is 25.1. The average Bonchev–Trinajstić information content (AvgIpc) is 3.69. The van der Waals surface area contributed by atoms with Crippen LogP contribution in [0.2, 0.25) is 0 Å². The summed E-state index contributed by atoms with van der Waals surface area (Å²) in [4.78, 5) is 15.9. The van der Waals surface area contributed by atoms with Crippen molar-refractivity contribution in [1.29, 1.82) is 0 Å². The Hall–Kier alpha value is -5.23. The van der Waals surface area contributed by atoms with Crippen molar-refractivity contribution < 1.29 is 0 Å². The number of nitrogens with zero attached hydrogens (tertiary/aromatic N) is 3. The predicted molar refractivity (Wildman–Crippen MR) is 187 cm³/mol. The molecule has 0 aliphatic heterocycles. The summed E-state index contributed by atoms with van der Waals surface area (Å²) >= 11 is 3.54. The fraction of sp³-hybridized carbons (Fsp3) is 0. The maximum absolute atomic E-state index is 5.33. The van der Waals surface area contributed by atoms with Crippen LogP contribution in [-0.2, 0) is 0 Å². The van der Waals surface area contributed by atoms with Crippen LogP contribution in [0.15, 0.2) is 140 Å². The van der Waals surface area contributed by atoms with E-state index in [1.807, 2.05) is 23.5 Å². The SMILES string of the molecule is c1ccc(-c2cc(-c3ccc4ccccc4c3)nc(-c3c4nc(-c5ccccc5)sc4cc4sc5ccccc5c34)n2)cc1. The lowest BCUT2D eigenvalue weighted by Gasteiger charge is -2.12. The molecular formula is C39H23N3S2. The van der Waals surface area contributed by atoms with Gasteiger partial charge in [0.1, 0.15) is 5.01 Å².